The Morgan fingerprint density at radius 1 is 1.29 bits per heavy atom. The molecule has 2 rings (SSSR count). The molecule has 1 heterocycles. The minimum atomic E-state index is -0.449. The summed E-state index contributed by atoms with van der Waals surface area (Å²) in [4.78, 5) is 25.5. The standard InChI is InChI=1S/C15H14ClN3O2/c1-18(2)9-7-13(20)15-14(21)8-10-19(17-15)12-6-4-3-5-11(12)16/h3-10H,1-2H3. The fourth-order valence-corrected chi connectivity index (χ4v) is 1.87. The van der Waals surface area contributed by atoms with E-state index in [0.717, 1.165) is 0 Å². The highest BCUT2D eigenvalue weighted by molar-refractivity contribution is 6.32. The lowest BCUT2D eigenvalue weighted by atomic mass is 10.2. The number of hydrogen-bond acceptors (Lipinski definition) is 4. The Morgan fingerprint density at radius 2 is 2.00 bits per heavy atom. The Morgan fingerprint density at radius 3 is 2.67 bits per heavy atom. The molecule has 5 nitrogen and oxygen atoms in total. The average Bonchev–Trinajstić information content (AvgIpc) is 2.46. The Labute approximate surface area is 127 Å². The zero-order valence-corrected chi connectivity index (χ0v) is 12.4. The summed E-state index contributed by atoms with van der Waals surface area (Å²) in [5.74, 6) is -0.449. The van der Waals surface area contributed by atoms with Crippen LogP contribution in [-0.4, -0.2) is 34.6 Å². The van der Waals surface area contributed by atoms with Gasteiger partial charge in [0.25, 0.3) is 0 Å². The van der Waals surface area contributed by atoms with Crippen LogP contribution in [-0.2, 0) is 0 Å². The number of rotatable bonds is 4. The second kappa shape index (κ2) is 6.37. The van der Waals surface area contributed by atoms with Gasteiger partial charge in [0.15, 0.2) is 5.69 Å². The van der Waals surface area contributed by atoms with E-state index in [4.69, 9.17) is 11.6 Å². The van der Waals surface area contributed by atoms with E-state index < -0.39 is 11.2 Å². The Balaban J connectivity index is 2.45. The molecule has 0 atom stereocenters. The SMILES string of the molecule is CN(C)C=CC(=O)c1nn(-c2ccccc2Cl)ccc1=O. The first-order valence-electron chi connectivity index (χ1n) is 6.23. The zero-order chi connectivity index (χ0) is 15.4. The molecule has 1 aromatic heterocycles. The Hall–Kier alpha value is -2.40. The second-order valence-electron chi connectivity index (χ2n) is 4.57. The van der Waals surface area contributed by atoms with Crippen LogP contribution in [0, 0.1) is 0 Å². The summed E-state index contributed by atoms with van der Waals surface area (Å²) < 4.78 is 1.42. The largest absolute Gasteiger partial charge is 0.383 e. The van der Waals surface area contributed by atoms with Crippen LogP contribution in [0.3, 0.4) is 0 Å². The highest BCUT2D eigenvalue weighted by Gasteiger charge is 2.11. The van der Waals surface area contributed by atoms with E-state index in [0.29, 0.717) is 10.7 Å². The first-order chi connectivity index (χ1) is 9.99. The molecule has 0 bridgehead atoms. The van der Waals surface area contributed by atoms with Crippen LogP contribution in [0.5, 0.6) is 0 Å². The number of hydrogen-bond donors (Lipinski definition) is 0. The number of aromatic nitrogens is 2. The number of halogens is 1. The number of ketones is 1. The van der Waals surface area contributed by atoms with E-state index >= 15 is 0 Å². The van der Waals surface area contributed by atoms with Crippen molar-refractivity contribution in [3.63, 3.8) is 0 Å². The van der Waals surface area contributed by atoms with E-state index in [1.165, 1.54) is 23.0 Å². The molecule has 0 amide bonds. The maximum Gasteiger partial charge on any atom is 0.211 e. The van der Waals surface area contributed by atoms with Gasteiger partial charge in [-0.2, -0.15) is 5.10 Å². The highest BCUT2D eigenvalue weighted by Crippen LogP contribution is 2.18. The third kappa shape index (κ3) is 3.58. The lowest BCUT2D eigenvalue weighted by Gasteiger charge is -2.08. The molecule has 0 aliphatic heterocycles. The summed E-state index contributed by atoms with van der Waals surface area (Å²) in [7, 11) is 3.56. The van der Waals surface area contributed by atoms with Gasteiger partial charge in [-0.1, -0.05) is 23.7 Å². The van der Waals surface area contributed by atoms with Crippen molar-refractivity contribution in [1.29, 1.82) is 0 Å². The van der Waals surface area contributed by atoms with Crippen molar-refractivity contribution < 1.29 is 4.79 Å². The van der Waals surface area contributed by atoms with Crippen molar-refractivity contribution in [2.75, 3.05) is 14.1 Å². The van der Waals surface area contributed by atoms with Crippen molar-refractivity contribution in [3.8, 4) is 5.69 Å². The van der Waals surface area contributed by atoms with Crippen LogP contribution < -0.4 is 5.43 Å². The third-order valence-corrected chi connectivity index (χ3v) is 2.98. The quantitative estimate of drug-likeness (QED) is 0.641. The topological polar surface area (TPSA) is 55.2 Å². The van der Waals surface area contributed by atoms with Gasteiger partial charge in [0.2, 0.25) is 11.2 Å². The maximum absolute atomic E-state index is 12.0. The molecule has 2 aromatic rings. The van der Waals surface area contributed by atoms with Gasteiger partial charge in [-0.15, -0.1) is 0 Å². The molecule has 1 aromatic carbocycles. The van der Waals surface area contributed by atoms with Crippen molar-refractivity contribution in [2.24, 2.45) is 0 Å². The summed E-state index contributed by atoms with van der Waals surface area (Å²) in [6.07, 6.45) is 4.35. The molecule has 0 N–H and O–H groups in total. The smallest absolute Gasteiger partial charge is 0.211 e. The molecule has 0 unspecified atom stereocenters. The van der Waals surface area contributed by atoms with Gasteiger partial charge in [-0.25, -0.2) is 4.68 Å². The van der Waals surface area contributed by atoms with Crippen molar-refractivity contribution in [1.82, 2.24) is 14.7 Å². The summed E-state index contributed by atoms with van der Waals surface area (Å²) >= 11 is 6.09. The van der Waals surface area contributed by atoms with Gasteiger partial charge in [0, 0.05) is 38.6 Å². The van der Waals surface area contributed by atoms with Crippen LogP contribution in [0.4, 0.5) is 0 Å². The lowest BCUT2D eigenvalue weighted by molar-refractivity contribution is 0.103. The van der Waals surface area contributed by atoms with Gasteiger partial charge in [-0.05, 0) is 12.1 Å². The Bertz CT molecular complexity index is 751. The molecule has 0 radical (unpaired) electrons. The molecule has 0 saturated heterocycles. The fraction of sp³-hybridized carbons (Fsp3) is 0.133. The monoisotopic (exact) mass is 303 g/mol. The molecule has 0 fully saturated rings. The number of para-hydroxylation sites is 1. The first kappa shape index (κ1) is 15.0. The maximum atomic E-state index is 12.0. The number of allylic oxidation sites excluding steroid dienone is 1. The lowest BCUT2D eigenvalue weighted by Crippen LogP contribution is -2.20. The van der Waals surface area contributed by atoms with Crippen LogP contribution >= 0.6 is 11.6 Å². The minimum Gasteiger partial charge on any atom is -0.383 e. The average molecular weight is 304 g/mol. The van der Waals surface area contributed by atoms with E-state index in [1.54, 1.807) is 49.5 Å². The number of nitrogens with zero attached hydrogens (tertiary/aromatic N) is 3. The molecular weight excluding hydrogens is 290 g/mol. The van der Waals surface area contributed by atoms with Crippen molar-refractivity contribution >= 4 is 17.4 Å². The van der Waals surface area contributed by atoms with Gasteiger partial charge in [-0.3, -0.25) is 9.59 Å². The van der Waals surface area contributed by atoms with E-state index in [1.807, 2.05) is 0 Å². The van der Waals surface area contributed by atoms with Crippen LogP contribution in [0.25, 0.3) is 5.69 Å². The third-order valence-electron chi connectivity index (χ3n) is 2.66. The van der Waals surface area contributed by atoms with Gasteiger partial charge >= 0.3 is 0 Å². The highest BCUT2D eigenvalue weighted by atomic mass is 35.5. The van der Waals surface area contributed by atoms with E-state index in [2.05, 4.69) is 5.10 Å². The first-order valence-corrected chi connectivity index (χ1v) is 6.60. The van der Waals surface area contributed by atoms with Crippen molar-refractivity contribution in [2.45, 2.75) is 0 Å². The molecule has 108 valence electrons. The van der Waals surface area contributed by atoms with Gasteiger partial charge in [0.1, 0.15) is 0 Å². The number of carbonyl (C=O) groups excluding carboxylic acids is 1. The Kier molecular flexibility index (Phi) is 4.55. The van der Waals surface area contributed by atoms with E-state index in [-0.39, 0.29) is 5.69 Å². The van der Waals surface area contributed by atoms with E-state index in [9.17, 15) is 9.59 Å². The second-order valence-corrected chi connectivity index (χ2v) is 4.98. The van der Waals surface area contributed by atoms with Crippen LogP contribution in [0.2, 0.25) is 5.02 Å². The van der Waals surface area contributed by atoms with Gasteiger partial charge in [0.05, 0.1) is 10.7 Å². The molecule has 21 heavy (non-hydrogen) atoms. The summed E-state index contributed by atoms with van der Waals surface area (Å²) in [5, 5.41) is 4.56. The molecule has 6 heteroatoms. The molecular formula is C15H14ClN3O2. The molecule has 0 aliphatic rings. The van der Waals surface area contributed by atoms with Gasteiger partial charge < -0.3 is 4.90 Å². The number of benzene rings is 1. The molecule has 0 spiro atoms. The van der Waals surface area contributed by atoms with Crippen molar-refractivity contribution in [3.05, 3.63) is 69.7 Å². The molecule has 0 aliphatic carbocycles. The predicted molar refractivity (Wildman–Crippen MR) is 82.0 cm³/mol. The predicted octanol–water partition coefficient (Wildman–Crippen LogP) is 2.14. The van der Waals surface area contributed by atoms with Crippen LogP contribution in [0.1, 0.15) is 10.5 Å². The van der Waals surface area contributed by atoms with Crippen LogP contribution in [0.15, 0.2) is 53.6 Å². The summed E-state index contributed by atoms with van der Waals surface area (Å²) in [5.41, 5.74) is 0.0343. The number of carbonyl (C=O) groups is 1. The minimum absolute atomic E-state index is 0.143. The fourth-order valence-electron chi connectivity index (χ4n) is 1.65. The zero-order valence-electron chi connectivity index (χ0n) is 11.7. The summed E-state index contributed by atoms with van der Waals surface area (Å²) in [6, 6.07) is 8.36. The summed E-state index contributed by atoms with van der Waals surface area (Å²) in [6.45, 7) is 0. The normalized spacial score (nSPS) is 10.8. The molecule has 0 saturated carbocycles.